The molecule has 2 rings (SSSR count). The maximum absolute atomic E-state index is 11.8. The third kappa shape index (κ3) is 3.73. The first-order valence-electron chi connectivity index (χ1n) is 5.20. The van der Waals surface area contributed by atoms with E-state index in [1.165, 1.54) is 12.1 Å². The van der Waals surface area contributed by atoms with Crippen LogP contribution in [0.5, 0.6) is 0 Å². The van der Waals surface area contributed by atoms with Crippen LogP contribution < -0.4 is 10.9 Å². The van der Waals surface area contributed by atoms with Crippen molar-refractivity contribution < 1.29 is 4.79 Å². The lowest BCUT2D eigenvalue weighted by Crippen LogP contribution is -2.29. The Kier molecular flexibility index (Phi) is 4.47. The Morgan fingerprint density at radius 3 is 2.32 bits per heavy atom. The van der Waals surface area contributed by atoms with E-state index in [1.807, 2.05) is 0 Å². The molecule has 2 aromatic rings. The first-order valence-corrected chi connectivity index (χ1v) is 6.33. The summed E-state index contributed by atoms with van der Waals surface area (Å²) in [5.41, 5.74) is 6.15. The average Bonchev–Trinajstić information content (AvgIpc) is 2.37. The van der Waals surface area contributed by atoms with Gasteiger partial charge in [0.25, 0.3) is 5.91 Å². The number of hydrogen-bond donors (Lipinski definition) is 2. The molecule has 0 aliphatic rings. The second-order valence-corrected chi connectivity index (χ2v) is 4.74. The van der Waals surface area contributed by atoms with Crippen molar-refractivity contribution >= 4 is 46.4 Å². The van der Waals surface area contributed by atoms with Crippen molar-refractivity contribution in [2.24, 2.45) is 0 Å². The number of carbonyl (C=O) groups excluding carboxylic acids is 1. The van der Waals surface area contributed by atoms with Gasteiger partial charge in [-0.1, -0.05) is 34.8 Å². The largest absolute Gasteiger partial charge is 0.298 e. The maximum Gasteiger partial charge on any atom is 0.272 e. The molecule has 1 aromatic carbocycles. The fraction of sp³-hybridized carbons (Fsp3) is 0. The van der Waals surface area contributed by atoms with Gasteiger partial charge in [0.05, 0.1) is 11.3 Å². The number of pyridine rings is 1. The number of carbonyl (C=O) groups is 1. The molecule has 0 bridgehead atoms. The van der Waals surface area contributed by atoms with Crippen LogP contribution in [-0.2, 0) is 0 Å². The number of rotatable bonds is 3. The Labute approximate surface area is 124 Å². The summed E-state index contributed by atoms with van der Waals surface area (Å²) in [5.74, 6) is -0.413. The second-order valence-electron chi connectivity index (χ2n) is 3.56. The van der Waals surface area contributed by atoms with Crippen LogP contribution in [0.25, 0.3) is 0 Å². The monoisotopic (exact) mass is 315 g/mol. The molecule has 1 amide bonds. The first-order chi connectivity index (χ1) is 9.06. The van der Waals surface area contributed by atoms with E-state index in [2.05, 4.69) is 15.8 Å². The summed E-state index contributed by atoms with van der Waals surface area (Å²) in [4.78, 5) is 15.6. The van der Waals surface area contributed by atoms with Crippen LogP contribution in [0.4, 0.5) is 5.69 Å². The number of aromatic nitrogens is 1. The van der Waals surface area contributed by atoms with Crippen molar-refractivity contribution in [3.8, 4) is 0 Å². The van der Waals surface area contributed by atoms with Gasteiger partial charge in [-0.15, -0.1) is 0 Å². The van der Waals surface area contributed by atoms with E-state index in [-0.39, 0.29) is 15.9 Å². The van der Waals surface area contributed by atoms with Crippen LogP contribution in [0.3, 0.4) is 0 Å². The minimum Gasteiger partial charge on any atom is -0.298 e. The van der Waals surface area contributed by atoms with E-state index in [0.29, 0.717) is 10.7 Å². The van der Waals surface area contributed by atoms with Crippen molar-refractivity contribution in [2.45, 2.75) is 0 Å². The normalized spacial score (nSPS) is 10.1. The summed E-state index contributed by atoms with van der Waals surface area (Å²) in [5, 5.41) is 0.886. The molecule has 19 heavy (non-hydrogen) atoms. The van der Waals surface area contributed by atoms with E-state index in [9.17, 15) is 4.79 Å². The van der Waals surface area contributed by atoms with Crippen LogP contribution in [0.1, 0.15) is 10.4 Å². The second kappa shape index (κ2) is 6.10. The van der Waals surface area contributed by atoms with Gasteiger partial charge < -0.3 is 0 Å². The maximum atomic E-state index is 11.8. The van der Waals surface area contributed by atoms with Gasteiger partial charge in [-0.3, -0.25) is 15.6 Å². The van der Waals surface area contributed by atoms with Gasteiger partial charge in [0, 0.05) is 5.02 Å². The third-order valence-corrected chi connectivity index (χ3v) is 2.97. The molecule has 98 valence electrons. The van der Waals surface area contributed by atoms with E-state index in [0.717, 1.165) is 0 Å². The summed E-state index contributed by atoms with van der Waals surface area (Å²) < 4.78 is 0. The molecule has 4 nitrogen and oxygen atoms in total. The Morgan fingerprint density at radius 1 is 1.00 bits per heavy atom. The Balaban J connectivity index is 2.03. The molecular weight excluding hydrogens is 309 g/mol. The smallest absolute Gasteiger partial charge is 0.272 e. The highest BCUT2D eigenvalue weighted by Crippen LogP contribution is 2.17. The van der Waals surface area contributed by atoms with Crippen LogP contribution in [0.2, 0.25) is 15.3 Å². The molecule has 0 aliphatic heterocycles. The summed E-state index contributed by atoms with van der Waals surface area (Å²) in [7, 11) is 0. The van der Waals surface area contributed by atoms with Gasteiger partial charge in [-0.25, -0.2) is 4.98 Å². The van der Waals surface area contributed by atoms with E-state index >= 15 is 0 Å². The van der Waals surface area contributed by atoms with Crippen LogP contribution in [0, 0.1) is 0 Å². The lowest BCUT2D eigenvalue weighted by Gasteiger charge is -2.09. The predicted octanol–water partition coefficient (Wildman–Crippen LogP) is 3.80. The highest BCUT2D eigenvalue weighted by atomic mass is 35.5. The van der Waals surface area contributed by atoms with Crippen molar-refractivity contribution in [3.63, 3.8) is 0 Å². The van der Waals surface area contributed by atoms with Crippen molar-refractivity contribution in [2.75, 3.05) is 5.43 Å². The molecular formula is C12H8Cl3N3O. The van der Waals surface area contributed by atoms with Gasteiger partial charge in [0.1, 0.15) is 10.3 Å². The van der Waals surface area contributed by atoms with Crippen LogP contribution in [0.15, 0.2) is 36.4 Å². The molecule has 0 saturated carbocycles. The zero-order chi connectivity index (χ0) is 13.8. The number of halogens is 3. The molecule has 0 unspecified atom stereocenters. The number of benzene rings is 1. The average molecular weight is 317 g/mol. The predicted molar refractivity (Wildman–Crippen MR) is 76.8 cm³/mol. The van der Waals surface area contributed by atoms with E-state index in [4.69, 9.17) is 34.8 Å². The molecule has 0 fully saturated rings. The SMILES string of the molecule is O=C(NNc1ccc(Cl)cc1)c1ccc(Cl)nc1Cl. The van der Waals surface area contributed by atoms with E-state index < -0.39 is 5.91 Å². The third-order valence-electron chi connectivity index (χ3n) is 2.22. The number of amides is 1. The molecule has 0 aliphatic carbocycles. The van der Waals surface area contributed by atoms with E-state index in [1.54, 1.807) is 24.3 Å². The molecule has 1 aromatic heterocycles. The summed E-state index contributed by atoms with van der Waals surface area (Å²) >= 11 is 17.2. The minimum atomic E-state index is -0.413. The van der Waals surface area contributed by atoms with Crippen LogP contribution >= 0.6 is 34.8 Å². The number of nitrogens with zero attached hydrogens (tertiary/aromatic N) is 1. The topological polar surface area (TPSA) is 54.0 Å². The summed E-state index contributed by atoms with van der Waals surface area (Å²) in [6.07, 6.45) is 0. The number of hydrazine groups is 1. The molecule has 1 heterocycles. The van der Waals surface area contributed by atoms with Gasteiger partial charge in [-0.05, 0) is 36.4 Å². The highest BCUT2D eigenvalue weighted by molar-refractivity contribution is 6.34. The Hall–Kier alpha value is -1.49. The molecule has 0 radical (unpaired) electrons. The first kappa shape index (κ1) is 13.9. The lowest BCUT2D eigenvalue weighted by molar-refractivity contribution is 0.0962. The zero-order valence-corrected chi connectivity index (χ0v) is 11.7. The van der Waals surface area contributed by atoms with Gasteiger partial charge >= 0.3 is 0 Å². The van der Waals surface area contributed by atoms with Gasteiger partial charge in [0.2, 0.25) is 0 Å². The number of nitrogens with one attached hydrogen (secondary N) is 2. The van der Waals surface area contributed by atoms with Crippen molar-refractivity contribution in [1.82, 2.24) is 10.4 Å². The molecule has 0 atom stereocenters. The number of anilines is 1. The standard InChI is InChI=1S/C12H8Cl3N3O/c13-7-1-3-8(4-2-7)17-18-12(19)9-5-6-10(14)16-11(9)15/h1-6,17H,(H,18,19). The van der Waals surface area contributed by atoms with Gasteiger partial charge in [-0.2, -0.15) is 0 Å². The molecule has 0 spiro atoms. The highest BCUT2D eigenvalue weighted by Gasteiger charge is 2.11. The van der Waals surface area contributed by atoms with Gasteiger partial charge in [0.15, 0.2) is 0 Å². The fourth-order valence-corrected chi connectivity index (χ4v) is 1.87. The summed E-state index contributed by atoms with van der Waals surface area (Å²) in [6, 6.07) is 9.84. The van der Waals surface area contributed by atoms with Crippen LogP contribution in [-0.4, -0.2) is 10.9 Å². The molecule has 2 N–H and O–H groups in total. The minimum absolute atomic E-state index is 0.0444. The fourth-order valence-electron chi connectivity index (χ4n) is 1.31. The Morgan fingerprint density at radius 2 is 1.68 bits per heavy atom. The number of hydrogen-bond acceptors (Lipinski definition) is 3. The molecule has 7 heteroatoms. The van der Waals surface area contributed by atoms with Crippen molar-refractivity contribution in [1.29, 1.82) is 0 Å². The quantitative estimate of drug-likeness (QED) is 0.669. The zero-order valence-electron chi connectivity index (χ0n) is 9.45. The molecule has 0 saturated heterocycles. The lowest BCUT2D eigenvalue weighted by atomic mass is 10.3. The van der Waals surface area contributed by atoms with Crippen molar-refractivity contribution in [3.05, 3.63) is 57.3 Å². The summed E-state index contributed by atoms with van der Waals surface area (Å²) in [6.45, 7) is 0. The Bertz CT molecular complexity index is 602.